The maximum Gasteiger partial charge on any atom is 0.274 e. The number of nitrogens with one attached hydrogen (secondary N) is 1. The summed E-state index contributed by atoms with van der Waals surface area (Å²) >= 11 is 0. The Labute approximate surface area is 126 Å². The van der Waals surface area contributed by atoms with Crippen LogP contribution < -0.4 is 5.32 Å². The van der Waals surface area contributed by atoms with Crippen molar-refractivity contribution in [1.82, 2.24) is 14.5 Å². The van der Waals surface area contributed by atoms with Crippen LogP contribution in [0.15, 0.2) is 6.20 Å². The first kappa shape index (κ1) is 14.4. The lowest BCUT2D eigenvalue weighted by atomic mass is 9.84. The van der Waals surface area contributed by atoms with E-state index in [4.69, 9.17) is 0 Å². The Kier molecular flexibility index (Phi) is 4.17. The summed E-state index contributed by atoms with van der Waals surface area (Å²) in [5.41, 5.74) is 0.583. The number of rotatable bonds is 3. The third-order valence-electron chi connectivity index (χ3n) is 5.12. The molecule has 3 rings (SSSR count). The minimum atomic E-state index is 0.0682. The number of fused-ring (bicyclic) bond motifs is 1. The van der Waals surface area contributed by atoms with Crippen molar-refractivity contribution < 1.29 is 4.79 Å². The topological polar surface area (TPSA) is 50.2 Å². The molecule has 1 aliphatic carbocycles. The predicted octanol–water partition coefficient (Wildman–Crippen LogP) is 2.74. The molecule has 5 nitrogen and oxygen atoms in total. The van der Waals surface area contributed by atoms with Gasteiger partial charge in [0.15, 0.2) is 0 Å². The molecule has 1 saturated carbocycles. The Balaban J connectivity index is 1.66. The highest BCUT2D eigenvalue weighted by Gasteiger charge is 2.28. The molecule has 21 heavy (non-hydrogen) atoms. The molecule has 0 atom stereocenters. The number of imidazole rings is 1. The van der Waals surface area contributed by atoms with Crippen LogP contribution in [0.1, 0.15) is 55.9 Å². The molecule has 0 unspecified atom stereocenters. The van der Waals surface area contributed by atoms with Crippen LogP contribution in [-0.4, -0.2) is 40.0 Å². The minimum Gasteiger partial charge on any atom is -0.356 e. The van der Waals surface area contributed by atoms with Crippen LogP contribution in [-0.2, 0) is 6.54 Å². The number of nitrogens with zero attached hydrogens (tertiary/aromatic N) is 3. The van der Waals surface area contributed by atoms with Gasteiger partial charge in [0, 0.05) is 32.4 Å². The van der Waals surface area contributed by atoms with Crippen molar-refractivity contribution in [3.05, 3.63) is 11.9 Å². The van der Waals surface area contributed by atoms with Crippen molar-refractivity contribution in [3.63, 3.8) is 0 Å². The zero-order valence-corrected chi connectivity index (χ0v) is 13.1. The quantitative estimate of drug-likeness (QED) is 0.931. The van der Waals surface area contributed by atoms with E-state index in [-0.39, 0.29) is 5.91 Å². The zero-order chi connectivity index (χ0) is 14.8. The first-order valence-corrected chi connectivity index (χ1v) is 8.27. The summed E-state index contributed by atoms with van der Waals surface area (Å²) in [5.74, 6) is 1.76. The van der Waals surface area contributed by atoms with Gasteiger partial charge in [-0.1, -0.05) is 13.3 Å². The Hall–Kier alpha value is -1.52. The molecule has 0 aromatic carbocycles. The molecule has 5 heteroatoms. The standard InChI is InChI=1S/C16H26N4O/c1-3-12-5-7-13(8-6-12)19(2)15(21)14-11-20-10-4-9-17-16(20)18-14/h11-13H,3-10H2,1-2H3,(H,17,18). The summed E-state index contributed by atoms with van der Waals surface area (Å²) in [6.07, 6.45) is 9.02. The lowest BCUT2D eigenvalue weighted by Crippen LogP contribution is -2.39. The van der Waals surface area contributed by atoms with E-state index < -0.39 is 0 Å². The van der Waals surface area contributed by atoms with Crippen LogP contribution in [0, 0.1) is 5.92 Å². The second-order valence-electron chi connectivity index (χ2n) is 6.42. The fourth-order valence-corrected chi connectivity index (χ4v) is 3.57. The molecule has 1 N–H and O–H groups in total. The lowest BCUT2D eigenvalue weighted by Gasteiger charge is -2.34. The number of amides is 1. The first-order valence-electron chi connectivity index (χ1n) is 8.27. The number of aryl methyl sites for hydroxylation is 1. The molecule has 0 radical (unpaired) electrons. The van der Waals surface area contributed by atoms with Crippen LogP contribution in [0.5, 0.6) is 0 Å². The number of carbonyl (C=O) groups excluding carboxylic acids is 1. The van der Waals surface area contributed by atoms with Crippen LogP contribution in [0.25, 0.3) is 0 Å². The van der Waals surface area contributed by atoms with Gasteiger partial charge in [0.1, 0.15) is 5.69 Å². The van der Waals surface area contributed by atoms with E-state index in [0.29, 0.717) is 11.7 Å². The van der Waals surface area contributed by atoms with E-state index >= 15 is 0 Å². The Morgan fingerprint density at radius 2 is 2.19 bits per heavy atom. The Morgan fingerprint density at radius 3 is 2.86 bits per heavy atom. The molecule has 0 saturated heterocycles. The summed E-state index contributed by atoms with van der Waals surface area (Å²) in [7, 11) is 1.94. The van der Waals surface area contributed by atoms with Crippen molar-refractivity contribution in [3.8, 4) is 0 Å². The molecule has 1 fully saturated rings. The Bertz CT molecular complexity index is 479. The highest BCUT2D eigenvalue weighted by atomic mass is 16.2. The summed E-state index contributed by atoms with van der Waals surface area (Å²) in [6, 6.07) is 0.381. The third kappa shape index (κ3) is 2.92. The van der Waals surface area contributed by atoms with Crippen LogP contribution in [0.4, 0.5) is 5.95 Å². The number of aromatic nitrogens is 2. The largest absolute Gasteiger partial charge is 0.356 e. The van der Waals surface area contributed by atoms with Crippen molar-refractivity contribution in [1.29, 1.82) is 0 Å². The van der Waals surface area contributed by atoms with Gasteiger partial charge >= 0.3 is 0 Å². The fraction of sp³-hybridized carbons (Fsp3) is 0.750. The second-order valence-corrected chi connectivity index (χ2v) is 6.42. The first-order chi connectivity index (χ1) is 10.2. The van der Waals surface area contributed by atoms with Crippen molar-refractivity contribution in [2.45, 2.75) is 58.0 Å². The van der Waals surface area contributed by atoms with Gasteiger partial charge in [0.2, 0.25) is 5.95 Å². The number of hydrogen-bond acceptors (Lipinski definition) is 3. The maximum absolute atomic E-state index is 12.6. The summed E-state index contributed by atoms with van der Waals surface area (Å²) < 4.78 is 2.05. The van der Waals surface area contributed by atoms with Gasteiger partial charge < -0.3 is 14.8 Å². The van der Waals surface area contributed by atoms with Gasteiger partial charge in [0.25, 0.3) is 5.91 Å². The molecule has 0 spiro atoms. The molecule has 2 aliphatic rings. The zero-order valence-electron chi connectivity index (χ0n) is 13.1. The Morgan fingerprint density at radius 1 is 1.43 bits per heavy atom. The molecule has 1 aromatic heterocycles. The smallest absolute Gasteiger partial charge is 0.274 e. The van der Waals surface area contributed by atoms with Crippen LogP contribution in [0.2, 0.25) is 0 Å². The van der Waals surface area contributed by atoms with Crippen LogP contribution >= 0.6 is 0 Å². The molecule has 116 valence electrons. The number of hydrogen-bond donors (Lipinski definition) is 1. The number of anilines is 1. The monoisotopic (exact) mass is 290 g/mol. The summed E-state index contributed by atoms with van der Waals surface area (Å²) in [4.78, 5) is 19.0. The molecular weight excluding hydrogens is 264 g/mol. The molecule has 2 heterocycles. The maximum atomic E-state index is 12.6. The van der Waals surface area contributed by atoms with Crippen LogP contribution in [0.3, 0.4) is 0 Å². The van der Waals surface area contributed by atoms with Gasteiger partial charge in [-0.2, -0.15) is 0 Å². The molecule has 1 aliphatic heterocycles. The lowest BCUT2D eigenvalue weighted by molar-refractivity contribution is 0.0669. The third-order valence-corrected chi connectivity index (χ3v) is 5.12. The van der Waals surface area contributed by atoms with Crippen molar-refractivity contribution in [2.75, 3.05) is 18.9 Å². The normalized spacial score (nSPS) is 25.0. The number of carbonyl (C=O) groups is 1. The van der Waals surface area contributed by atoms with Gasteiger partial charge in [0.05, 0.1) is 0 Å². The molecule has 1 aromatic rings. The molecular formula is C16H26N4O. The predicted molar refractivity (Wildman–Crippen MR) is 83.5 cm³/mol. The highest BCUT2D eigenvalue weighted by Crippen LogP contribution is 2.29. The fourth-order valence-electron chi connectivity index (χ4n) is 3.57. The van der Waals surface area contributed by atoms with E-state index in [1.54, 1.807) is 0 Å². The van der Waals surface area contributed by atoms with E-state index in [9.17, 15) is 4.79 Å². The van der Waals surface area contributed by atoms with Gasteiger partial charge in [-0.25, -0.2) is 4.98 Å². The SMILES string of the molecule is CCC1CCC(N(C)C(=O)c2cn3c(n2)NCCC3)CC1. The van der Waals surface area contributed by atoms with Gasteiger partial charge in [-0.15, -0.1) is 0 Å². The second kappa shape index (κ2) is 6.08. The summed E-state index contributed by atoms with van der Waals surface area (Å²) in [6.45, 7) is 4.16. The minimum absolute atomic E-state index is 0.0682. The van der Waals surface area contributed by atoms with E-state index in [2.05, 4.69) is 21.8 Å². The molecule has 1 amide bonds. The average Bonchev–Trinajstić information content (AvgIpc) is 2.97. The van der Waals surface area contributed by atoms with E-state index in [1.165, 1.54) is 19.3 Å². The summed E-state index contributed by atoms with van der Waals surface area (Å²) in [5, 5.41) is 3.25. The van der Waals surface area contributed by atoms with Gasteiger partial charge in [-0.3, -0.25) is 4.79 Å². The molecule has 0 bridgehead atoms. The highest BCUT2D eigenvalue weighted by molar-refractivity contribution is 5.92. The van der Waals surface area contributed by atoms with Crippen molar-refractivity contribution in [2.24, 2.45) is 5.92 Å². The van der Waals surface area contributed by atoms with Crippen molar-refractivity contribution >= 4 is 11.9 Å². The van der Waals surface area contributed by atoms with Gasteiger partial charge in [-0.05, 0) is 38.0 Å². The van der Waals surface area contributed by atoms with E-state index in [0.717, 1.165) is 44.2 Å². The van der Waals surface area contributed by atoms with E-state index in [1.807, 2.05) is 18.1 Å². The average molecular weight is 290 g/mol.